The first kappa shape index (κ1) is 9.48. The topological polar surface area (TPSA) is 66.4 Å². The van der Waals surface area contributed by atoms with E-state index in [2.05, 4.69) is 0 Å². The summed E-state index contributed by atoms with van der Waals surface area (Å²) in [5.74, 6) is -1.66. The summed E-state index contributed by atoms with van der Waals surface area (Å²) < 4.78 is 4.88. The fourth-order valence-corrected chi connectivity index (χ4v) is 1.31. The Bertz CT molecular complexity index is 204. The predicted octanol–water partition coefficient (Wildman–Crippen LogP) is -0.908. The van der Waals surface area contributed by atoms with Crippen molar-refractivity contribution in [1.29, 1.82) is 0 Å². The zero-order chi connectivity index (χ0) is 9.14. The average molecular weight is 192 g/mol. The molecule has 0 amide bonds. The number of hydrogen-bond acceptors (Lipinski definition) is 4. The molecule has 0 bridgehead atoms. The Labute approximate surface area is 74.5 Å². The van der Waals surface area contributed by atoms with Crippen LogP contribution in [0.2, 0.25) is 0 Å². The normalized spacial score (nSPS) is 28.8. The van der Waals surface area contributed by atoms with Crippen molar-refractivity contribution in [3.63, 3.8) is 0 Å². The maximum atomic E-state index is 10.9. The molecule has 12 heavy (non-hydrogen) atoms. The van der Waals surface area contributed by atoms with Crippen LogP contribution in [0.1, 0.15) is 12.8 Å². The molecule has 1 aliphatic heterocycles. The number of Topliss-reactive ketones (excluding diaryl/α,β-unsaturated/α-hetero) is 1. The molecule has 0 radical (unpaired) electrons. The Kier molecular flexibility index (Phi) is 3.05. The SMILES string of the molecule is O=C([O-])C1CCC(C(=O)CCl)O1. The molecule has 0 aromatic heterocycles. The standard InChI is InChI=1S/C7H9ClO4/c8-3-4(9)5-1-2-6(12-5)7(10)11/h5-6H,1-3H2,(H,10,11)/p-1. The zero-order valence-corrected chi connectivity index (χ0v) is 7.04. The number of carbonyl (C=O) groups excluding carboxylic acids is 2. The second-order valence-corrected chi connectivity index (χ2v) is 2.88. The van der Waals surface area contributed by atoms with Crippen molar-refractivity contribution in [1.82, 2.24) is 0 Å². The van der Waals surface area contributed by atoms with E-state index >= 15 is 0 Å². The van der Waals surface area contributed by atoms with Crippen molar-refractivity contribution >= 4 is 23.4 Å². The van der Waals surface area contributed by atoms with Crippen LogP contribution < -0.4 is 5.11 Å². The summed E-state index contributed by atoms with van der Waals surface area (Å²) in [6, 6.07) is 0. The van der Waals surface area contributed by atoms with Crippen molar-refractivity contribution in [2.75, 3.05) is 5.88 Å². The molecule has 4 nitrogen and oxygen atoms in total. The third-order valence-electron chi connectivity index (χ3n) is 1.77. The highest BCUT2D eigenvalue weighted by atomic mass is 35.5. The van der Waals surface area contributed by atoms with Crippen LogP contribution in [-0.4, -0.2) is 29.8 Å². The number of ether oxygens (including phenoxy) is 1. The van der Waals surface area contributed by atoms with Crippen LogP contribution in [0.5, 0.6) is 0 Å². The molecule has 2 atom stereocenters. The van der Waals surface area contributed by atoms with E-state index in [0.717, 1.165) is 0 Å². The minimum Gasteiger partial charge on any atom is -0.547 e. The molecule has 1 saturated heterocycles. The number of alkyl halides is 1. The minimum absolute atomic E-state index is 0.134. The van der Waals surface area contributed by atoms with Crippen LogP contribution >= 0.6 is 11.6 Å². The van der Waals surface area contributed by atoms with Crippen molar-refractivity contribution in [3.05, 3.63) is 0 Å². The van der Waals surface area contributed by atoms with Gasteiger partial charge in [0, 0.05) is 0 Å². The van der Waals surface area contributed by atoms with Crippen molar-refractivity contribution in [2.24, 2.45) is 0 Å². The Balaban J connectivity index is 2.45. The molecule has 0 saturated carbocycles. The number of carbonyl (C=O) groups is 2. The molecule has 1 rings (SSSR count). The van der Waals surface area contributed by atoms with Gasteiger partial charge in [0.15, 0.2) is 5.78 Å². The maximum Gasteiger partial charge on any atom is 0.176 e. The third-order valence-corrected chi connectivity index (χ3v) is 2.04. The molecule has 0 spiro atoms. The molecule has 1 heterocycles. The van der Waals surface area contributed by atoms with E-state index in [9.17, 15) is 14.7 Å². The highest BCUT2D eigenvalue weighted by molar-refractivity contribution is 6.28. The van der Waals surface area contributed by atoms with Crippen molar-refractivity contribution in [3.8, 4) is 0 Å². The van der Waals surface area contributed by atoms with E-state index in [4.69, 9.17) is 16.3 Å². The summed E-state index contributed by atoms with van der Waals surface area (Å²) in [6.07, 6.45) is -0.840. The lowest BCUT2D eigenvalue weighted by Gasteiger charge is -2.12. The molecule has 1 aliphatic rings. The quantitative estimate of drug-likeness (QED) is 0.542. The molecular weight excluding hydrogens is 184 g/mol. The van der Waals surface area contributed by atoms with Gasteiger partial charge in [0.1, 0.15) is 6.10 Å². The summed E-state index contributed by atoms with van der Waals surface area (Å²) in [5, 5.41) is 10.3. The highest BCUT2D eigenvalue weighted by Crippen LogP contribution is 2.20. The summed E-state index contributed by atoms with van der Waals surface area (Å²) in [4.78, 5) is 21.2. The van der Waals surface area contributed by atoms with Gasteiger partial charge in [-0.05, 0) is 12.8 Å². The first-order valence-corrected chi connectivity index (χ1v) is 4.13. The van der Waals surface area contributed by atoms with Gasteiger partial charge in [-0.25, -0.2) is 0 Å². The maximum absolute atomic E-state index is 10.9. The van der Waals surface area contributed by atoms with Gasteiger partial charge in [-0.3, -0.25) is 4.79 Å². The number of ketones is 1. The second kappa shape index (κ2) is 3.87. The molecular formula is C7H8ClO4-. The van der Waals surface area contributed by atoms with Crippen LogP contribution in [0.4, 0.5) is 0 Å². The molecule has 1 fully saturated rings. The van der Waals surface area contributed by atoms with Crippen LogP contribution in [-0.2, 0) is 14.3 Å². The van der Waals surface area contributed by atoms with Crippen LogP contribution in [0.25, 0.3) is 0 Å². The van der Waals surface area contributed by atoms with Crippen molar-refractivity contribution in [2.45, 2.75) is 25.0 Å². The molecule has 0 N–H and O–H groups in total. The molecule has 2 unspecified atom stereocenters. The fourth-order valence-electron chi connectivity index (χ4n) is 1.13. The van der Waals surface area contributed by atoms with Gasteiger partial charge in [0.2, 0.25) is 0 Å². The van der Waals surface area contributed by atoms with E-state index < -0.39 is 18.2 Å². The number of halogens is 1. The van der Waals surface area contributed by atoms with Gasteiger partial charge in [-0.2, -0.15) is 0 Å². The molecule has 0 aromatic rings. The average Bonchev–Trinajstić information content (AvgIpc) is 2.51. The predicted molar refractivity (Wildman–Crippen MR) is 38.6 cm³/mol. The van der Waals surface area contributed by atoms with Crippen molar-refractivity contribution < 1.29 is 19.4 Å². The van der Waals surface area contributed by atoms with E-state index in [1.165, 1.54) is 0 Å². The number of aliphatic carboxylic acids is 1. The molecule has 0 aromatic carbocycles. The van der Waals surface area contributed by atoms with Gasteiger partial charge in [-0.15, -0.1) is 11.6 Å². The number of hydrogen-bond donors (Lipinski definition) is 0. The highest BCUT2D eigenvalue weighted by Gasteiger charge is 2.30. The zero-order valence-electron chi connectivity index (χ0n) is 6.29. The van der Waals surface area contributed by atoms with Gasteiger partial charge >= 0.3 is 0 Å². The van der Waals surface area contributed by atoms with Crippen LogP contribution in [0.3, 0.4) is 0 Å². The fraction of sp³-hybridized carbons (Fsp3) is 0.714. The molecule has 68 valence electrons. The first-order valence-electron chi connectivity index (χ1n) is 3.60. The monoisotopic (exact) mass is 191 g/mol. The van der Waals surface area contributed by atoms with E-state index in [1.807, 2.05) is 0 Å². The number of carboxylic acids is 1. The van der Waals surface area contributed by atoms with E-state index in [1.54, 1.807) is 0 Å². The molecule has 0 aliphatic carbocycles. The first-order chi connectivity index (χ1) is 5.65. The Morgan fingerprint density at radius 3 is 2.42 bits per heavy atom. The van der Waals surface area contributed by atoms with Gasteiger partial charge < -0.3 is 14.6 Å². The largest absolute Gasteiger partial charge is 0.547 e. The van der Waals surface area contributed by atoms with Gasteiger partial charge in [0.25, 0.3) is 0 Å². The van der Waals surface area contributed by atoms with Gasteiger partial charge in [-0.1, -0.05) is 0 Å². The van der Waals surface area contributed by atoms with E-state index in [0.29, 0.717) is 12.8 Å². The Morgan fingerprint density at radius 1 is 1.42 bits per heavy atom. The lowest BCUT2D eigenvalue weighted by molar-refractivity contribution is -0.315. The lowest BCUT2D eigenvalue weighted by atomic mass is 10.1. The van der Waals surface area contributed by atoms with Crippen LogP contribution in [0.15, 0.2) is 0 Å². The Morgan fingerprint density at radius 2 is 2.00 bits per heavy atom. The van der Waals surface area contributed by atoms with E-state index in [-0.39, 0.29) is 11.7 Å². The van der Waals surface area contributed by atoms with Gasteiger partial charge in [0.05, 0.1) is 18.0 Å². The minimum atomic E-state index is -1.26. The summed E-state index contributed by atoms with van der Waals surface area (Å²) in [5.41, 5.74) is 0. The third kappa shape index (κ3) is 1.95. The Hall–Kier alpha value is -0.610. The van der Waals surface area contributed by atoms with Crippen LogP contribution in [0, 0.1) is 0 Å². The number of rotatable bonds is 3. The number of carboxylic acid groups (broad SMARTS) is 1. The smallest absolute Gasteiger partial charge is 0.176 e. The molecule has 5 heteroatoms. The second-order valence-electron chi connectivity index (χ2n) is 2.61. The summed E-state index contributed by atoms with van der Waals surface area (Å²) in [6.45, 7) is 0. The summed E-state index contributed by atoms with van der Waals surface area (Å²) >= 11 is 5.27. The summed E-state index contributed by atoms with van der Waals surface area (Å²) in [7, 11) is 0. The lowest BCUT2D eigenvalue weighted by Crippen LogP contribution is -2.36.